The highest BCUT2D eigenvalue weighted by Crippen LogP contribution is 2.41. The standard InChI is InChI=1S/C60H37N3O/c1-2-14-38(15-3-1)39-26-29-58-50(34-39)49-20-8-13-25-57(49)61(58)42-28-31-60-52(37-42)51-35-40(27-30-59(51)64-60)41-32-43(62-53-21-9-4-16-45(53)46-17-5-10-22-54(46)62)36-44(33-41)63-55-23-11-6-18-47(55)48-19-7-12-24-56(48)63/h1-37H. The summed E-state index contributed by atoms with van der Waals surface area (Å²) in [6, 6.07) is 81.6. The van der Waals surface area contributed by atoms with Gasteiger partial charge in [0.25, 0.3) is 0 Å². The Hall–Kier alpha value is -8.60. The minimum absolute atomic E-state index is 0.867. The summed E-state index contributed by atoms with van der Waals surface area (Å²) in [5, 5.41) is 9.60. The van der Waals surface area contributed by atoms with Gasteiger partial charge in [-0.3, -0.25) is 0 Å². The molecule has 4 nitrogen and oxygen atoms in total. The molecule has 10 aromatic carbocycles. The minimum atomic E-state index is 0.867. The van der Waals surface area contributed by atoms with Crippen LogP contribution in [0.4, 0.5) is 0 Å². The fraction of sp³-hybridized carbons (Fsp3) is 0. The zero-order valence-electron chi connectivity index (χ0n) is 34.6. The number of para-hydroxylation sites is 5. The van der Waals surface area contributed by atoms with Gasteiger partial charge in [0, 0.05) is 60.2 Å². The van der Waals surface area contributed by atoms with E-state index in [4.69, 9.17) is 4.42 Å². The third kappa shape index (κ3) is 5.11. The van der Waals surface area contributed by atoms with Crippen LogP contribution in [0.5, 0.6) is 0 Å². The van der Waals surface area contributed by atoms with Gasteiger partial charge in [-0.1, -0.05) is 133 Å². The molecule has 0 saturated heterocycles. The Morgan fingerprint density at radius 2 is 0.609 bits per heavy atom. The van der Waals surface area contributed by atoms with E-state index < -0.39 is 0 Å². The lowest BCUT2D eigenvalue weighted by Crippen LogP contribution is -2.00. The van der Waals surface area contributed by atoms with Crippen molar-refractivity contribution in [3.63, 3.8) is 0 Å². The van der Waals surface area contributed by atoms with Crippen molar-refractivity contribution >= 4 is 87.4 Å². The Bertz CT molecular complexity index is 3960. The second-order valence-electron chi connectivity index (χ2n) is 16.9. The monoisotopic (exact) mass is 815 g/mol. The van der Waals surface area contributed by atoms with Gasteiger partial charge in [-0.15, -0.1) is 0 Å². The van der Waals surface area contributed by atoms with Gasteiger partial charge in [0.15, 0.2) is 0 Å². The molecule has 0 bridgehead atoms. The van der Waals surface area contributed by atoms with Gasteiger partial charge in [0.05, 0.1) is 33.1 Å². The van der Waals surface area contributed by atoms with E-state index in [1.54, 1.807) is 0 Å². The largest absolute Gasteiger partial charge is 0.456 e. The fourth-order valence-electron chi connectivity index (χ4n) is 10.6. The quantitative estimate of drug-likeness (QED) is 0.170. The van der Waals surface area contributed by atoms with E-state index in [2.05, 4.69) is 238 Å². The molecule has 0 atom stereocenters. The number of benzene rings is 10. The molecule has 14 rings (SSSR count). The molecular formula is C60H37N3O. The summed E-state index contributed by atoms with van der Waals surface area (Å²) in [6.07, 6.45) is 0. The summed E-state index contributed by atoms with van der Waals surface area (Å²) in [5.74, 6) is 0. The van der Waals surface area contributed by atoms with Gasteiger partial charge in [-0.2, -0.15) is 0 Å². The summed E-state index contributed by atoms with van der Waals surface area (Å²) < 4.78 is 13.9. The average molecular weight is 816 g/mol. The molecule has 0 saturated carbocycles. The fourth-order valence-corrected chi connectivity index (χ4v) is 10.6. The summed E-state index contributed by atoms with van der Waals surface area (Å²) in [4.78, 5) is 0. The molecule has 298 valence electrons. The Morgan fingerprint density at radius 3 is 1.16 bits per heavy atom. The van der Waals surface area contributed by atoms with Crippen LogP contribution >= 0.6 is 0 Å². The Balaban J connectivity index is 0.992. The molecule has 0 aliphatic carbocycles. The van der Waals surface area contributed by atoms with Gasteiger partial charge < -0.3 is 18.1 Å². The third-order valence-corrected chi connectivity index (χ3v) is 13.4. The number of aromatic nitrogens is 3. The molecule has 0 aliphatic rings. The summed E-state index contributed by atoms with van der Waals surface area (Å²) in [5.41, 5.74) is 16.8. The first kappa shape index (κ1) is 35.0. The molecule has 0 amide bonds. The molecule has 0 N–H and O–H groups in total. The number of fused-ring (bicyclic) bond motifs is 12. The molecule has 64 heavy (non-hydrogen) atoms. The summed E-state index contributed by atoms with van der Waals surface area (Å²) in [6.45, 7) is 0. The molecule has 14 aromatic rings. The van der Waals surface area contributed by atoms with Crippen molar-refractivity contribution in [3.8, 4) is 39.3 Å². The van der Waals surface area contributed by atoms with E-state index in [9.17, 15) is 0 Å². The van der Waals surface area contributed by atoms with E-state index in [1.165, 1.54) is 76.5 Å². The maximum Gasteiger partial charge on any atom is 0.135 e. The molecule has 0 spiro atoms. The molecule has 4 heteroatoms. The normalized spacial score (nSPS) is 12.1. The second-order valence-corrected chi connectivity index (χ2v) is 16.9. The van der Waals surface area contributed by atoms with Crippen LogP contribution in [0.2, 0.25) is 0 Å². The zero-order valence-corrected chi connectivity index (χ0v) is 34.6. The van der Waals surface area contributed by atoms with Crippen LogP contribution in [-0.2, 0) is 0 Å². The zero-order chi connectivity index (χ0) is 41.9. The number of nitrogens with zero attached hydrogens (tertiary/aromatic N) is 3. The number of rotatable bonds is 5. The predicted molar refractivity (Wildman–Crippen MR) is 268 cm³/mol. The number of hydrogen-bond acceptors (Lipinski definition) is 1. The van der Waals surface area contributed by atoms with E-state index in [0.717, 1.165) is 50.1 Å². The van der Waals surface area contributed by atoms with Gasteiger partial charge >= 0.3 is 0 Å². The first-order valence-corrected chi connectivity index (χ1v) is 21.9. The molecule has 0 fully saturated rings. The van der Waals surface area contributed by atoms with Crippen molar-refractivity contribution in [2.75, 3.05) is 0 Å². The topological polar surface area (TPSA) is 27.9 Å². The second kappa shape index (κ2) is 13.4. The third-order valence-electron chi connectivity index (χ3n) is 13.4. The molecule has 4 heterocycles. The Morgan fingerprint density at radius 1 is 0.219 bits per heavy atom. The number of hydrogen-bond donors (Lipinski definition) is 0. The molecule has 0 aliphatic heterocycles. The SMILES string of the molecule is c1ccc(-c2ccc3c(c2)c2ccccc2n3-c2ccc3oc4ccc(-c5cc(-n6c7ccccc7c7ccccc76)cc(-n6c7ccccc7c7ccccc76)c5)cc4c3c2)cc1. The van der Waals surface area contributed by atoms with Crippen LogP contribution in [0.1, 0.15) is 0 Å². The lowest BCUT2D eigenvalue weighted by molar-refractivity contribution is 0.669. The first-order valence-electron chi connectivity index (χ1n) is 21.9. The van der Waals surface area contributed by atoms with Crippen LogP contribution < -0.4 is 0 Å². The van der Waals surface area contributed by atoms with Crippen LogP contribution in [0.25, 0.3) is 127 Å². The predicted octanol–water partition coefficient (Wildman–Crippen LogP) is 16.2. The first-order chi connectivity index (χ1) is 31.7. The summed E-state index contributed by atoms with van der Waals surface area (Å²) >= 11 is 0. The van der Waals surface area contributed by atoms with Crippen molar-refractivity contribution in [3.05, 3.63) is 224 Å². The Labute approximate surface area is 367 Å². The maximum atomic E-state index is 6.60. The van der Waals surface area contributed by atoms with E-state index in [1.807, 2.05) is 0 Å². The highest BCUT2D eigenvalue weighted by atomic mass is 16.3. The Kier molecular flexibility index (Phi) is 7.36. The van der Waals surface area contributed by atoms with Crippen molar-refractivity contribution in [1.29, 1.82) is 0 Å². The van der Waals surface area contributed by atoms with Crippen LogP contribution in [0, 0.1) is 0 Å². The van der Waals surface area contributed by atoms with Gasteiger partial charge in [-0.05, 0) is 113 Å². The summed E-state index contributed by atoms with van der Waals surface area (Å²) in [7, 11) is 0. The van der Waals surface area contributed by atoms with Gasteiger partial charge in [0.2, 0.25) is 0 Å². The maximum absolute atomic E-state index is 6.60. The lowest BCUT2D eigenvalue weighted by Gasteiger charge is -2.16. The number of furan rings is 1. The van der Waals surface area contributed by atoms with Crippen molar-refractivity contribution in [1.82, 2.24) is 13.7 Å². The molecule has 0 unspecified atom stereocenters. The van der Waals surface area contributed by atoms with E-state index in [0.29, 0.717) is 0 Å². The van der Waals surface area contributed by atoms with E-state index >= 15 is 0 Å². The van der Waals surface area contributed by atoms with Crippen LogP contribution in [0.15, 0.2) is 229 Å². The highest BCUT2D eigenvalue weighted by Gasteiger charge is 2.19. The van der Waals surface area contributed by atoms with Crippen LogP contribution in [-0.4, -0.2) is 13.7 Å². The van der Waals surface area contributed by atoms with Crippen LogP contribution in [0.3, 0.4) is 0 Å². The highest BCUT2D eigenvalue weighted by molar-refractivity contribution is 6.13. The minimum Gasteiger partial charge on any atom is -0.456 e. The van der Waals surface area contributed by atoms with Crippen molar-refractivity contribution in [2.24, 2.45) is 0 Å². The molecular weight excluding hydrogens is 779 g/mol. The molecule has 0 radical (unpaired) electrons. The van der Waals surface area contributed by atoms with E-state index in [-0.39, 0.29) is 0 Å². The van der Waals surface area contributed by atoms with Crippen molar-refractivity contribution < 1.29 is 4.42 Å². The average Bonchev–Trinajstić information content (AvgIpc) is 4.10. The molecule has 4 aromatic heterocycles. The lowest BCUT2D eigenvalue weighted by atomic mass is 10.0. The van der Waals surface area contributed by atoms with Crippen molar-refractivity contribution in [2.45, 2.75) is 0 Å². The van der Waals surface area contributed by atoms with Gasteiger partial charge in [0.1, 0.15) is 11.2 Å². The van der Waals surface area contributed by atoms with Gasteiger partial charge in [-0.25, -0.2) is 0 Å². The smallest absolute Gasteiger partial charge is 0.135 e.